The highest BCUT2D eigenvalue weighted by Gasteiger charge is 2.35. The highest BCUT2D eigenvalue weighted by Crippen LogP contribution is 2.40. The van der Waals surface area contributed by atoms with E-state index in [4.69, 9.17) is 9.53 Å². The highest BCUT2D eigenvalue weighted by atomic mass is 32.1. The average molecular weight is 386 g/mol. The van der Waals surface area contributed by atoms with Crippen molar-refractivity contribution in [2.24, 2.45) is 11.3 Å². The largest absolute Gasteiger partial charge is 0.481 e. The summed E-state index contributed by atoms with van der Waals surface area (Å²) in [6, 6.07) is 0. The molecule has 0 bridgehead atoms. The molecule has 0 saturated heterocycles. The first-order chi connectivity index (χ1) is 11.4. The van der Waals surface area contributed by atoms with Crippen molar-refractivity contribution in [3.05, 3.63) is 21.9 Å². The Bertz CT molecular complexity index is 562. The van der Waals surface area contributed by atoms with Crippen LogP contribution in [0, 0.1) is 11.3 Å². The lowest BCUT2D eigenvalue weighted by atomic mass is 9.80. The van der Waals surface area contributed by atoms with Crippen LogP contribution in [0.4, 0.5) is 0 Å². The van der Waals surface area contributed by atoms with E-state index in [1.165, 1.54) is 5.56 Å². The third-order valence-electron chi connectivity index (χ3n) is 4.56. The van der Waals surface area contributed by atoms with Crippen LogP contribution in [0.15, 0.2) is 10.8 Å². The standard InChI is InChI=1S/C19H33O4SSi/c1-13(2)19(22,10-16(20)21)9-8-14-11-24-12-15(14)17(18(3,4)5)23-25(6)7/h11-13,17,22H,8-10H2,1-7H3,(H,20,21). The minimum Gasteiger partial charge on any atom is -0.481 e. The fourth-order valence-electron chi connectivity index (χ4n) is 2.90. The first-order valence-electron chi connectivity index (χ1n) is 8.82. The van der Waals surface area contributed by atoms with Gasteiger partial charge in [0.25, 0.3) is 0 Å². The molecule has 25 heavy (non-hydrogen) atoms. The lowest BCUT2D eigenvalue weighted by Crippen LogP contribution is -2.38. The summed E-state index contributed by atoms with van der Waals surface area (Å²) in [7, 11) is -0.851. The van der Waals surface area contributed by atoms with Crippen molar-refractivity contribution >= 4 is 26.3 Å². The average Bonchev–Trinajstić information content (AvgIpc) is 2.88. The Morgan fingerprint density at radius 1 is 1.28 bits per heavy atom. The van der Waals surface area contributed by atoms with Gasteiger partial charge in [-0.1, -0.05) is 34.6 Å². The predicted octanol–water partition coefficient (Wildman–Crippen LogP) is 4.90. The smallest absolute Gasteiger partial charge is 0.306 e. The van der Waals surface area contributed by atoms with Gasteiger partial charge in [0, 0.05) is 0 Å². The van der Waals surface area contributed by atoms with Crippen LogP contribution in [0.3, 0.4) is 0 Å². The van der Waals surface area contributed by atoms with E-state index in [2.05, 4.69) is 44.6 Å². The second kappa shape index (κ2) is 8.80. The molecular formula is C19H33O4SSi. The number of carboxylic acids is 1. The van der Waals surface area contributed by atoms with Crippen LogP contribution < -0.4 is 0 Å². The first-order valence-corrected chi connectivity index (χ1v) is 12.2. The van der Waals surface area contributed by atoms with E-state index in [-0.39, 0.29) is 23.9 Å². The minimum absolute atomic E-state index is 0.0178. The van der Waals surface area contributed by atoms with Crippen molar-refractivity contribution in [1.82, 2.24) is 0 Å². The minimum atomic E-state index is -1.19. The summed E-state index contributed by atoms with van der Waals surface area (Å²) >= 11 is 1.64. The molecule has 0 aromatic carbocycles. The molecule has 143 valence electrons. The normalized spacial score (nSPS) is 16.2. The van der Waals surface area contributed by atoms with E-state index in [1.807, 2.05) is 13.8 Å². The molecular weight excluding hydrogens is 352 g/mol. The van der Waals surface area contributed by atoms with E-state index in [0.717, 1.165) is 5.56 Å². The van der Waals surface area contributed by atoms with Gasteiger partial charge in [0.15, 0.2) is 0 Å². The summed E-state index contributed by atoms with van der Waals surface area (Å²) in [6.45, 7) is 14.6. The van der Waals surface area contributed by atoms with Crippen LogP contribution in [-0.4, -0.2) is 30.8 Å². The molecule has 1 aromatic heterocycles. The number of hydrogen-bond donors (Lipinski definition) is 2. The molecule has 1 aromatic rings. The fourth-order valence-corrected chi connectivity index (χ4v) is 4.76. The maximum Gasteiger partial charge on any atom is 0.306 e. The summed E-state index contributed by atoms with van der Waals surface area (Å²) in [6.07, 6.45) is 0.893. The van der Waals surface area contributed by atoms with Gasteiger partial charge >= 0.3 is 5.97 Å². The molecule has 0 aliphatic heterocycles. The van der Waals surface area contributed by atoms with E-state index in [9.17, 15) is 9.90 Å². The molecule has 1 rings (SSSR count). The summed E-state index contributed by atoms with van der Waals surface area (Å²) in [5.41, 5.74) is 1.14. The Morgan fingerprint density at radius 2 is 1.88 bits per heavy atom. The van der Waals surface area contributed by atoms with Crippen LogP contribution in [0.1, 0.15) is 64.7 Å². The van der Waals surface area contributed by atoms with Crippen molar-refractivity contribution in [3.63, 3.8) is 0 Å². The lowest BCUT2D eigenvalue weighted by molar-refractivity contribution is -0.145. The zero-order chi connectivity index (χ0) is 19.4. The zero-order valence-corrected chi connectivity index (χ0v) is 18.4. The Kier molecular flexibility index (Phi) is 7.86. The summed E-state index contributed by atoms with van der Waals surface area (Å²) in [5, 5.41) is 24.2. The number of thiophene rings is 1. The molecule has 0 fully saturated rings. The molecule has 1 radical (unpaired) electrons. The number of aliphatic carboxylic acids is 1. The van der Waals surface area contributed by atoms with Crippen LogP contribution in [0.2, 0.25) is 13.1 Å². The molecule has 0 aliphatic rings. The number of aliphatic hydroxyl groups is 1. The Morgan fingerprint density at radius 3 is 2.32 bits per heavy atom. The van der Waals surface area contributed by atoms with E-state index in [1.54, 1.807) is 11.3 Å². The molecule has 2 N–H and O–H groups in total. The Labute approximate surface area is 158 Å². The quantitative estimate of drug-likeness (QED) is 0.594. The maximum absolute atomic E-state index is 11.1. The second-order valence-electron chi connectivity index (χ2n) is 8.45. The molecule has 6 heteroatoms. The second-order valence-corrected chi connectivity index (χ2v) is 11.2. The molecule has 0 amide bonds. The first kappa shape index (κ1) is 22.3. The molecule has 2 unspecified atom stereocenters. The Hall–Kier alpha value is -0.693. The van der Waals surface area contributed by atoms with Crippen LogP contribution in [0.25, 0.3) is 0 Å². The number of aryl methyl sites for hydroxylation is 1. The van der Waals surface area contributed by atoms with E-state index < -0.39 is 20.6 Å². The number of hydrogen-bond acceptors (Lipinski definition) is 4. The van der Waals surface area contributed by atoms with Crippen LogP contribution in [0.5, 0.6) is 0 Å². The van der Waals surface area contributed by atoms with Crippen molar-refractivity contribution < 1.29 is 19.4 Å². The predicted molar refractivity (Wildman–Crippen MR) is 105 cm³/mol. The maximum atomic E-state index is 11.1. The molecule has 4 nitrogen and oxygen atoms in total. The molecule has 0 aliphatic carbocycles. The van der Waals surface area contributed by atoms with Gasteiger partial charge < -0.3 is 14.6 Å². The van der Waals surface area contributed by atoms with Crippen molar-refractivity contribution in [2.45, 2.75) is 78.7 Å². The van der Waals surface area contributed by atoms with Crippen molar-refractivity contribution in [3.8, 4) is 0 Å². The molecule has 0 spiro atoms. The van der Waals surface area contributed by atoms with Crippen molar-refractivity contribution in [1.29, 1.82) is 0 Å². The fraction of sp³-hybridized carbons (Fsp3) is 0.737. The summed E-state index contributed by atoms with van der Waals surface area (Å²) in [5.74, 6) is -1.07. The topological polar surface area (TPSA) is 66.8 Å². The Balaban J connectivity index is 3.02. The monoisotopic (exact) mass is 385 g/mol. The van der Waals surface area contributed by atoms with Gasteiger partial charge in [-0.15, -0.1) is 0 Å². The van der Waals surface area contributed by atoms with E-state index >= 15 is 0 Å². The van der Waals surface area contributed by atoms with Gasteiger partial charge in [0.1, 0.15) is 0 Å². The van der Waals surface area contributed by atoms with Gasteiger partial charge in [0.2, 0.25) is 9.04 Å². The molecule has 2 atom stereocenters. The zero-order valence-electron chi connectivity index (χ0n) is 16.5. The highest BCUT2D eigenvalue weighted by molar-refractivity contribution is 7.08. The third kappa shape index (κ3) is 6.51. The molecule has 1 heterocycles. The lowest BCUT2D eigenvalue weighted by Gasteiger charge is -2.34. The number of rotatable bonds is 9. The summed E-state index contributed by atoms with van der Waals surface area (Å²) < 4.78 is 6.30. The van der Waals surface area contributed by atoms with Crippen LogP contribution >= 0.6 is 11.3 Å². The number of carboxylic acid groups (broad SMARTS) is 1. The van der Waals surface area contributed by atoms with E-state index in [0.29, 0.717) is 12.8 Å². The van der Waals surface area contributed by atoms with Gasteiger partial charge in [-0.2, -0.15) is 11.3 Å². The van der Waals surface area contributed by atoms with Gasteiger partial charge in [-0.25, -0.2) is 0 Å². The van der Waals surface area contributed by atoms with Crippen LogP contribution in [-0.2, 0) is 15.6 Å². The van der Waals surface area contributed by atoms with Gasteiger partial charge in [0.05, 0.1) is 18.1 Å². The van der Waals surface area contributed by atoms with Gasteiger partial charge in [-0.3, -0.25) is 4.79 Å². The molecule has 0 saturated carbocycles. The summed E-state index contributed by atoms with van der Waals surface area (Å²) in [4.78, 5) is 11.1. The van der Waals surface area contributed by atoms with Crippen molar-refractivity contribution in [2.75, 3.05) is 0 Å². The number of carbonyl (C=O) groups is 1. The third-order valence-corrected chi connectivity index (χ3v) is 6.08. The SMILES string of the molecule is CC(C)C(O)(CCc1cscc1C(O[Si](C)C)C(C)(C)C)CC(=O)O. The van der Waals surface area contributed by atoms with Gasteiger partial charge in [-0.05, 0) is 59.2 Å².